The summed E-state index contributed by atoms with van der Waals surface area (Å²) >= 11 is 0. The van der Waals surface area contributed by atoms with Crippen LogP contribution in [-0.2, 0) is 11.8 Å². The van der Waals surface area contributed by atoms with E-state index in [2.05, 4.69) is 70.2 Å². The third-order valence-corrected chi connectivity index (χ3v) is 6.08. The molecule has 2 aromatic carbocycles. The van der Waals surface area contributed by atoms with Gasteiger partial charge in [0.15, 0.2) is 0 Å². The molecule has 0 saturated carbocycles. The van der Waals surface area contributed by atoms with E-state index >= 15 is 0 Å². The van der Waals surface area contributed by atoms with E-state index in [4.69, 9.17) is 5.11 Å². The average molecular weight is 347 g/mol. The van der Waals surface area contributed by atoms with Gasteiger partial charge in [-0.15, -0.1) is 0 Å². The van der Waals surface area contributed by atoms with Crippen LogP contribution in [0.15, 0.2) is 48.1 Å². The van der Waals surface area contributed by atoms with Crippen molar-refractivity contribution in [2.75, 3.05) is 6.61 Å². The highest BCUT2D eigenvalue weighted by atomic mass is 16.2. The van der Waals surface area contributed by atoms with Crippen LogP contribution >= 0.6 is 0 Å². The fourth-order valence-electron chi connectivity index (χ4n) is 4.96. The largest absolute Gasteiger partial charge is 0.396 e. The summed E-state index contributed by atoms with van der Waals surface area (Å²) < 4.78 is 0. The van der Waals surface area contributed by atoms with E-state index in [1.165, 1.54) is 39.5 Å². The smallest absolute Gasteiger partial charge is 0.0434 e. The molecule has 0 aliphatic heterocycles. The lowest BCUT2D eigenvalue weighted by molar-refractivity contribution is 0.288. The van der Waals surface area contributed by atoms with Gasteiger partial charge in [0.05, 0.1) is 0 Å². The second-order valence-corrected chi connectivity index (χ2v) is 9.45. The van der Waals surface area contributed by atoms with Gasteiger partial charge >= 0.3 is 0 Å². The van der Waals surface area contributed by atoms with Gasteiger partial charge < -0.3 is 5.11 Å². The second-order valence-electron chi connectivity index (χ2n) is 9.45. The lowest BCUT2D eigenvalue weighted by atomic mass is 9.64. The van der Waals surface area contributed by atoms with E-state index in [0.29, 0.717) is 0 Å². The average Bonchev–Trinajstić information content (AvgIpc) is 2.57. The molecular weight excluding hydrogens is 316 g/mol. The highest BCUT2D eigenvalue weighted by molar-refractivity contribution is 5.95. The number of fused-ring (bicyclic) bond motifs is 4. The van der Waals surface area contributed by atoms with Gasteiger partial charge in [-0.3, -0.25) is 0 Å². The van der Waals surface area contributed by atoms with Crippen molar-refractivity contribution in [3.8, 4) is 0 Å². The molecule has 26 heavy (non-hydrogen) atoms. The van der Waals surface area contributed by atoms with Crippen LogP contribution in [0.25, 0.3) is 16.3 Å². The molecule has 0 fully saturated rings. The fraction of sp³-hybridized carbons (Fsp3) is 0.440. The minimum atomic E-state index is 0.154. The normalized spacial score (nSPS) is 20.2. The van der Waals surface area contributed by atoms with Crippen molar-refractivity contribution in [2.24, 2.45) is 5.41 Å². The molecule has 2 aliphatic rings. The van der Waals surface area contributed by atoms with E-state index < -0.39 is 0 Å². The Morgan fingerprint density at radius 3 is 2.58 bits per heavy atom. The molecule has 2 aromatic rings. The predicted octanol–water partition coefficient (Wildman–Crippen LogP) is 6.19. The topological polar surface area (TPSA) is 20.2 Å². The Kier molecular flexibility index (Phi) is 4.11. The zero-order chi connectivity index (χ0) is 18.5. The first-order valence-corrected chi connectivity index (χ1v) is 9.89. The summed E-state index contributed by atoms with van der Waals surface area (Å²) in [5.41, 5.74) is 7.76. The van der Waals surface area contributed by atoms with E-state index in [0.717, 1.165) is 19.3 Å². The number of aryl methyl sites for hydroxylation is 1. The van der Waals surface area contributed by atoms with Gasteiger partial charge in [0, 0.05) is 6.61 Å². The van der Waals surface area contributed by atoms with Gasteiger partial charge in [0.1, 0.15) is 0 Å². The molecule has 0 heterocycles. The molecule has 0 atom stereocenters. The van der Waals surface area contributed by atoms with E-state index in [-0.39, 0.29) is 17.4 Å². The zero-order valence-corrected chi connectivity index (χ0v) is 16.5. The van der Waals surface area contributed by atoms with Gasteiger partial charge in [0.25, 0.3) is 0 Å². The highest BCUT2D eigenvalue weighted by Crippen LogP contribution is 2.50. The summed E-state index contributed by atoms with van der Waals surface area (Å²) in [5.74, 6) is 0. The first kappa shape index (κ1) is 17.5. The summed E-state index contributed by atoms with van der Waals surface area (Å²) in [6, 6.07) is 11.5. The maximum atomic E-state index is 9.10. The van der Waals surface area contributed by atoms with Crippen LogP contribution in [0.3, 0.4) is 0 Å². The van der Waals surface area contributed by atoms with Crippen molar-refractivity contribution >= 4 is 16.3 Å². The Morgan fingerprint density at radius 2 is 1.81 bits per heavy atom. The lowest BCUT2D eigenvalue weighted by Gasteiger charge is -2.40. The molecule has 0 aromatic heterocycles. The van der Waals surface area contributed by atoms with Crippen molar-refractivity contribution in [2.45, 2.75) is 58.8 Å². The van der Waals surface area contributed by atoms with Gasteiger partial charge in [-0.05, 0) is 69.5 Å². The summed E-state index contributed by atoms with van der Waals surface area (Å²) in [6.45, 7) is 9.74. The van der Waals surface area contributed by atoms with Crippen molar-refractivity contribution in [1.29, 1.82) is 0 Å². The van der Waals surface area contributed by atoms with Crippen molar-refractivity contribution in [3.63, 3.8) is 0 Å². The van der Waals surface area contributed by atoms with Crippen LogP contribution in [0.5, 0.6) is 0 Å². The first-order chi connectivity index (χ1) is 12.3. The van der Waals surface area contributed by atoms with Crippen molar-refractivity contribution in [1.82, 2.24) is 0 Å². The molecular formula is C25H30O. The summed E-state index contributed by atoms with van der Waals surface area (Å²) in [4.78, 5) is 0. The molecule has 0 spiro atoms. The first-order valence-electron chi connectivity index (χ1n) is 9.89. The van der Waals surface area contributed by atoms with Gasteiger partial charge in [-0.2, -0.15) is 0 Å². The fourth-order valence-corrected chi connectivity index (χ4v) is 4.96. The molecule has 1 nitrogen and oxygen atoms in total. The summed E-state index contributed by atoms with van der Waals surface area (Å²) in [5, 5.41) is 11.8. The minimum absolute atomic E-state index is 0.154. The lowest BCUT2D eigenvalue weighted by Crippen LogP contribution is -2.27. The number of allylic oxidation sites excluding steroid dienone is 4. The van der Waals surface area contributed by atoms with Crippen LogP contribution < -0.4 is 0 Å². The van der Waals surface area contributed by atoms with E-state index in [1.807, 2.05) is 0 Å². The Balaban J connectivity index is 1.87. The molecule has 0 radical (unpaired) electrons. The molecule has 4 rings (SSSR count). The summed E-state index contributed by atoms with van der Waals surface area (Å²) in [6.07, 6.45) is 8.84. The number of hydrogen-bond acceptors (Lipinski definition) is 1. The molecule has 0 bridgehead atoms. The van der Waals surface area contributed by atoms with Crippen LogP contribution in [0.1, 0.15) is 63.6 Å². The zero-order valence-electron chi connectivity index (χ0n) is 16.5. The van der Waals surface area contributed by atoms with E-state index in [9.17, 15) is 0 Å². The molecule has 136 valence electrons. The quantitative estimate of drug-likeness (QED) is 0.703. The van der Waals surface area contributed by atoms with Crippen LogP contribution in [0.2, 0.25) is 0 Å². The number of rotatable bonds is 3. The van der Waals surface area contributed by atoms with Crippen LogP contribution in [0.4, 0.5) is 0 Å². The molecule has 1 N–H and O–H groups in total. The third-order valence-electron chi connectivity index (χ3n) is 6.08. The van der Waals surface area contributed by atoms with E-state index in [1.54, 1.807) is 5.57 Å². The maximum absolute atomic E-state index is 9.10. The Hall–Kier alpha value is -1.86. The standard InChI is InChI=1S/C25H30O/c1-24(2)12-11-20-19(15-24)16-25(3,4)23-21-9-7-17(6-5-13-26)14-18(21)8-10-22(20)23/h7-12,14,26H,5-6,13,15-16H2,1-4H3. The number of aliphatic hydroxyl groups excluding tert-OH is 1. The maximum Gasteiger partial charge on any atom is 0.0434 e. The van der Waals surface area contributed by atoms with Crippen molar-refractivity contribution in [3.05, 3.63) is 64.7 Å². The minimum Gasteiger partial charge on any atom is -0.396 e. The van der Waals surface area contributed by atoms with Crippen LogP contribution in [-0.4, -0.2) is 11.7 Å². The number of benzene rings is 2. The second kappa shape index (κ2) is 6.09. The number of hydrogen-bond donors (Lipinski definition) is 1. The number of aliphatic hydroxyl groups is 1. The van der Waals surface area contributed by atoms with Gasteiger partial charge in [-0.1, -0.05) is 75.8 Å². The van der Waals surface area contributed by atoms with Gasteiger partial charge in [-0.25, -0.2) is 0 Å². The highest BCUT2D eigenvalue weighted by Gasteiger charge is 2.36. The van der Waals surface area contributed by atoms with Crippen molar-refractivity contribution < 1.29 is 5.11 Å². The molecule has 0 amide bonds. The Bertz CT molecular complexity index is 925. The molecule has 0 unspecified atom stereocenters. The predicted molar refractivity (Wildman–Crippen MR) is 111 cm³/mol. The Morgan fingerprint density at radius 1 is 1.00 bits per heavy atom. The third kappa shape index (κ3) is 2.93. The summed E-state index contributed by atoms with van der Waals surface area (Å²) in [7, 11) is 0. The monoisotopic (exact) mass is 346 g/mol. The molecule has 0 saturated heterocycles. The molecule has 2 aliphatic carbocycles. The molecule has 1 heteroatoms. The SMILES string of the molecule is CC1(C)C=CC2=C(C1)CC(C)(C)c1c2ccc2cc(CCCO)ccc12. The van der Waals surface area contributed by atoms with Crippen LogP contribution in [0, 0.1) is 5.41 Å². The van der Waals surface area contributed by atoms with Gasteiger partial charge in [0.2, 0.25) is 0 Å². The Labute approximate surface area is 157 Å².